The maximum atomic E-state index is 3.38. The second-order valence-electron chi connectivity index (χ2n) is 4.50. The van der Waals surface area contributed by atoms with Crippen molar-refractivity contribution in [3.05, 3.63) is 23.5 Å². The molecule has 1 N–H and O–H groups in total. The van der Waals surface area contributed by atoms with Gasteiger partial charge in [0.2, 0.25) is 0 Å². The minimum atomic E-state index is 0.671. The van der Waals surface area contributed by atoms with Crippen molar-refractivity contribution >= 4 is 0 Å². The molecule has 2 nitrogen and oxygen atoms in total. The molecular formula is C13H22N2. The molecule has 0 spiro atoms. The molecule has 0 radical (unpaired) electrons. The van der Waals surface area contributed by atoms with Crippen molar-refractivity contribution in [1.82, 2.24) is 9.88 Å². The third-order valence-corrected chi connectivity index (χ3v) is 3.39. The fourth-order valence-electron chi connectivity index (χ4n) is 2.72. The zero-order valence-electron chi connectivity index (χ0n) is 9.92. The average Bonchev–Trinajstić information content (AvgIpc) is 2.70. The summed E-state index contributed by atoms with van der Waals surface area (Å²) in [6, 6.07) is 2.95. The number of nitrogens with zero attached hydrogens (tertiary/aromatic N) is 1. The van der Waals surface area contributed by atoms with Gasteiger partial charge in [-0.15, -0.1) is 0 Å². The SMILES string of the molecule is CCC[C@H]1c2cc[nH]c2CCN1CCC. The normalized spacial score (nSPS) is 21.6. The van der Waals surface area contributed by atoms with Gasteiger partial charge in [0.25, 0.3) is 0 Å². The van der Waals surface area contributed by atoms with Gasteiger partial charge in [0.1, 0.15) is 0 Å². The predicted molar refractivity (Wildman–Crippen MR) is 64.0 cm³/mol. The monoisotopic (exact) mass is 206 g/mol. The van der Waals surface area contributed by atoms with Crippen LogP contribution >= 0.6 is 0 Å². The zero-order chi connectivity index (χ0) is 10.7. The highest BCUT2D eigenvalue weighted by molar-refractivity contribution is 5.27. The van der Waals surface area contributed by atoms with Gasteiger partial charge in [-0.25, -0.2) is 0 Å². The first-order chi connectivity index (χ1) is 7.36. The van der Waals surface area contributed by atoms with Gasteiger partial charge in [-0.1, -0.05) is 20.3 Å². The predicted octanol–water partition coefficient (Wildman–Crippen LogP) is 3.12. The number of nitrogens with one attached hydrogen (secondary N) is 1. The van der Waals surface area contributed by atoms with Gasteiger partial charge in [0.15, 0.2) is 0 Å². The molecular weight excluding hydrogens is 184 g/mol. The standard InChI is InChI=1S/C13H22N2/c1-3-5-13-11-6-8-14-12(11)7-10-15(13)9-4-2/h6,8,13-14H,3-5,7,9-10H2,1-2H3/t13-/m0/s1. The fourth-order valence-corrected chi connectivity index (χ4v) is 2.72. The maximum absolute atomic E-state index is 3.38. The molecule has 1 aromatic rings. The molecule has 1 atom stereocenters. The lowest BCUT2D eigenvalue weighted by molar-refractivity contribution is 0.174. The van der Waals surface area contributed by atoms with Crippen LogP contribution in [-0.2, 0) is 6.42 Å². The summed E-state index contributed by atoms with van der Waals surface area (Å²) < 4.78 is 0. The third kappa shape index (κ3) is 2.10. The van der Waals surface area contributed by atoms with Gasteiger partial charge >= 0.3 is 0 Å². The van der Waals surface area contributed by atoms with Gasteiger partial charge < -0.3 is 4.98 Å². The van der Waals surface area contributed by atoms with Gasteiger partial charge in [-0.3, -0.25) is 4.90 Å². The minimum Gasteiger partial charge on any atom is -0.365 e. The average molecular weight is 206 g/mol. The molecule has 2 heterocycles. The third-order valence-electron chi connectivity index (χ3n) is 3.39. The van der Waals surface area contributed by atoms with Gasteiger partial charge in [-0.2, -0.15) is 0 Å². The van der Waals surface area contributed by atoms with Crippen molar-refractivity contribution < 1.29 is 0 Å². The van der Waals surface area contributed by atoms with E-state index in [0.717, 1.165) is 0 Å². The molecule has 0 unspecified atom stereocenters. The second kappa shape index (κ2) is 4.84. The summed E-state index contributed by atoms with van der Waals surface area (Å²) in [6.45, 7) is 7.03. The van der Waals surface area contributed by atoms with E-state index >= 15 is 0 Å². The van der Waals surface area contributed by atoms with Crippen molar-refractivity contribution in [2.24, 2.45) is 0 Å². The highest BCUT2D eigenvalue weighted by Crippen LogP contribution is 2.32. The molecule has 0 saturated carbocycles. The van der Waals surface area contributed by atoms with Crippen LogP contribution in [0.25, 0.3) is 0 Å². The molecule has 0 aliphatic carbocycles. The molecule has 0 aromatic carbocycles. The van der Waals surface area contributed by atoms with Crippen LogP contribution < -0.4 is 0 Å². The largest absolute Gasteiger partial charge is 0.365 e. The Kier molecular flexibility index (Phi) is 3.47. The molecule has 1 aromatic heterocycles. The highest BCUT2D eigenvalue weighted by Gasteiger charge is 2.26. The Hall–Kier alpha value is -0.760. The number of aromatic amines is 1. The van der Waals surface area contributed by atoms with E-state index in [1.54, 1.807) is 5.56 Å². The fraction of sp³-hybridized carbons (Fsp3) is 0.692. The van der Waals surface area contributed by atoms with E-state index in [1.807, 2.05) is 0 Å². The molecule has 15 heavy (non-hydrogen) atoms. The summed E-state index contributed by atoms with van der Waals surface area (Å²) in [5.74, 6) is 0. The smallest absolute Gasteiger partial charge is 0.0365 e. The first-order valence-electron chi connectivity index (χ1n) is 6.27. The number of hydrogen-bond acceptors (Lipinski definition) is 1. The lowest BCUT2D eigenvalue weighted by Gasteiger charge is -2.35. The van der Waals surface area contributed by atoms with E-state index in [0.29, 0.717) is 6.04 Å². The van der Waals surface area contributed by atoms with Gasteiger partial charge in [-0.05, 0) is 31.0 Å². The molecule has 0 saturated heterocycles. The van der Waals surface area contributed by atoms with Crippen LogP contribution in [0.2, 0.25) is 0 Å². The lowest BCUT2D eigenvalue weighted by atomic mass is 9.95. The molecule has 84 valence electrons. The van der Waals surface area contributed by atoms with E-state index in [2.05, 4.69) is 36.0 Å². The van der Waals surface area contributed by atoms with E-state index in [1.165, 1.54) is 44.5 Å². The molecule has 0 bridgehead atoms. The maximum Gasteiger partial charge on any atom is 0.0365 e. The summed E-state index contributed by atoms with van der Waals surface area (Å²) >= 11 is 0. The summed E-state index contributed by atoms with van der Waals surface area (Å²) in [4.78, 5) is 6.03. The first-order valence-corrected chi connectivity index (χ1v) is 6.27. The lowest BCUT2D eigenvalue weighted by Crippen LogP contribution is -2.35. The number of H-pyrrole nitrogens is 1. The molecule has 0 amide bonds. The second-order valence-corrected chi connectivity index (χ2v) is 4.50. The van der Waals surface area contributed by atoms with Gasteiger partial charge in [0, 0.05) is 30.9 Å². The Morgan fingerprint density at radius 3 is 3.00 bits per heavy atom. The van der Waals surface area contributed by atoms with Crippen LogP contribution in [0, 0.1) is 0 Å². The van der Waals surface area contributed by atoms with Crippen molar-refractivity contribution in [2.45, 2.75) is 45.6 Å². The Labute approximate surface area is 92.7 Å². The van der Waals surface area contributed by atoms with Crippen molar-refractivity contribution in [1.29, 1.82) is 0 Å². The Bertz CT molecular complexity index is 303. The molecule has 1 aliphatic heterocycles. The molecule has 2 heteroatoms. The molecule has 2 rings (SSSR count). The van der Waals surface area contributed by atoms with E-state index in [9.17, 15) is 0 Å². The number of fused-ring (bicyclic) bond motifs is 1. The Morgan fingerprint density at radius 1 is 1.40 bits per heavy atom. The van der Waals surface area contributed by atoms with E-state index < -0.39 is 0 Å². The van der Waals surface area contributed by atoms with Crippen molar-refractivity contribution in [2.75, 3.05) is 13.1 Å². The highest BCUT2D eigenvalue weighted by atomic mass is 15.2. The Morgan fingerprint density at radius 2 is 2.27 bits per heavy atom. The molecule has 1 aliphatic rings. The van der Waals surface area contributed by atoms with E-state index in [-0.39, 0.29) is 0 Å². The number of rotatable bonds is 4. The number of aromatic nitrogens is 1. The van der Waals surface area contributed by atoms with Crippen LogP contribution in [0.5, 0.6) is 0 Å². The van der Waals surface area contributed by atoms with Crippen molar-refractivity contribution in [3.63, 3.8) is 0 Å². The summed E-state index contributed by atoms with van der Waals surface area (Å²) in [7, 11) is 0. The van der Waals surface area contributed by atoms with Crippen LogP contribution in [0.4, 0.5) is 0 Å². The summed E-state index contributed by atoms with van der Waals surface area (Å²) in [5.41, 5.74) is 3.03. The first kappa shape index (κ1) is 10.7. The quantitative estimate of drug-likeness (QED) is 0.802. The zero-order valence-corrected chi connectivity index (χ0v) is 9.92. The van der Waals surface area contributed by atoms with Crippen molar-refractivity contribution in [3.8, 4) is 0 Å². The molecule has 0 fully saturated rings. The number of hydrogen-bond donors (Lipinski definition) is 1. The van der Waals surface area contributed by atoms with Crippen LogP contribution in [-0.4, -0.2) is 23.0 Å². The van der Waals surface area contributed by atoms with Crippen LogP contribution in [0.3, 0.4) is 0 Å². The summed E-state index contributed by atoms with van der Waals surface area (Å²) in [5, 5.41) is 0. The van der Waals surface area contributed by atoms with E-state index in [4.69, 9.17) is 0 Å². The minimum absolute atomic E-state index is 0.671. The van der Waals surface area contributed by atoms with Crippen LogP contribution in [0.1, 0.15) is 50.4 Å². The Balaban J connectivity index is 2.18. The van der Waals surface area contributed by atoms with Crippen LogP contribution in [0.15, 0.2) is 12.3 Å². The summed E-state index contributed by atoms with van der Waals surface area (Å²) in [6.07, 6.45) is 7.13. The topological polar surface area (TPSA) is 19.0 Å². The van der Waals surface area contributed by atoms with Gasteiger partial charge in [0.05, 0.1) is 0 Å².